The zero-order valence-corrected chi connectivity index (χ0v) is 16.8. The maximum Gasteiger partial charge on any atom is 0.337 e. The molecule has 0 fully saturated rings. The molecular formula is C22H25N3O3. The number of hydrogen-bond acceptors (Lipinski definition) is 4. The number of benzene rings is 2. The zero-order chi connectivity index (χ0) is 20.5. The molecule has 146 valence electrons. The second kappa shape index (κ2) is 7.38. The summed E-state index contributed by atoms with van der Waals surface area (Å²) in [7, 11) is 1.52. The summed E-state index contributed by atoms with van der Waals surface area (Å²) in [6, 6.07) is 14.8. The summed E-state index contributed by atoms with van der Waals surface area (Å²) >= 11 is 0. The summed E-state index contributed by atoms with van der Waals surface area (Å²) in [6.07, 6.45) is 0. The van der Waals surface area contributed by atoms with Gasteiger partial charge < -0.3 is 15.2 Å². The van der Waals surface area contributed by atoms with Crippen molar-refractivity contribution in [2.75, 3.05) is 12.4 Å². The van der Waals surface area contributed by atoms with Crippen molar-refractivity contribution < 1.29 is 14.6 Å². The Morgan fingerprint density at radius 3 is 2.46 bits per heavy atom. The molecule has 0 atom stereocenters. The molecule has 0 aliphatic heterocycles. The molecule has 0 spiro atoms. The van der Waals surface area contributed by atoms with E-state index in [-0.39, 0.29) is 11.0 Å². The minimum Gasteiger partial charge on any atom is -0.495 e. The third-order valence-electron chi connectivity index (χ3n) is 4.55. The second-order valence-corrected chi connectivity index (χ2v) is 7.68. The van der Waals surface area contributed by atoms with Crippen LogP contribution in [0, 0.1) is 6.92 Å². The number of methoxy groups -OCH3 is 1. The van der Waals surface area contributed by atoms with E-state index in [1.165, 1.54) is 7.11 Å². The molecule has 2 N–H and O–H groups in total. The molecule has 0 aliphatic carbocycles. The largest absolute Gasteiger partial charge is 0.495 e. The molecule has 28 heavy (non-hydrogen) atoms. The number of aromatic carboxylic acids is 1. The fourth-order valence-electron chi connectivity index (χ4n) is 2.96. The lowest BCUT2D eigenvalue weighted by Gasteiger charge is -2.16. The Morgan fingerprint density at radius 2 is 1.86 bits per heavy atom. The van der Waals surface area contributed by atoms with Gasteiger partial charge in [0.05, 0.1) is 29.7 Å². The van der Waals surface area contributed by atoms with Crippen molar-refractivity contribution in [3.63, 3.8) is 0 Å². The number of nitrogens with one attached hydrogen (secondary N) is 1. The molecule has 0 amide bonds. The van der Waals surface area contributed by atoms with Crippen molar-refractivity contribution in [3.8, 4) is 11.4 Å². The number of carbonyl (C=O) groups is 1. The predicted molar refractivity (Wildman–Crippen MR) is 110 cm³/mol. The average molecular weight is 379 g/mol. The van der Waals surface area contributed by atoms with Gasteiger partial charge in [-0.15, -0.1) is 0 Å². The molecule has 0 aliphatic rings. The Labute approximate surface area is 164 Å². The van der Waals surface area contributed by atoms with Gasteiger partial charge in [-0.05, 0) is 30.7 Å². The van der Waals surface area contributed by atoms with Crippen LogP contribution in [0.4, 0.5) is 11.5 Å². The molecule has 0 saturated heterocycles. The molecule has 2 aromatic carbocycles. The molecule has 0 saturated carbocycles. The first kappa shape index (κ1) is 19.5. The zero-order valence-electron chi connectivity index (χ0n) is 16.8. The molecule has 0 unspecified atom stereocenters. The Balaban J connectivity index is 2.19. The maximum absolute atomic E-state index is 11.7. The summed E-state index contributed by atoms with van der Waals surface area (Å²) < 4.78 is 7.21. The summed E-state index contributed by atoms with van der Waals surface area (Å²) in [5.74, 6) is 0.0976. The lowest BCUT2D eigenvalue weighted by Crippen LogP contribution is -2.13. The molecule has 1 heterocycles. The van der Waals surface area contributed by atoms with Gasteiger partial charge in [0.15, 0.2) is 0 Å². The van der Waals surface area contributed by atoms with Crippen molar-refractivity contribution in [1.82, 2.24) is 9.78 Å². The molecule has 1 aromatic heterocycles. The molecule has 3 aromatic rings. The maximum atomic E-state index is 11.7. The van der Waals surface area contributed by atoms with E-state index in [0.717, 1.165) is 16.9 Å². The SMILES string of the molecule is COc1cccc(C(=O)O)c1Nc1cc(C(C)(C)C)nn1-c1ccccc1C. The summed E-state index contributed by atoms with van der Waals surface area (Å²) in [4.78, 5) is 11.7. The smallest absolute Gasteiger partial charge is 0.337 e. The van der Waals surface area contributed by atoms with Crippen LogP contribution >= 0.6 is 0 Å². The highest BCUT2D eigenvalue weighted by Gasteiger charge is 2.23. The van der Waals surface area contributed by atoms with Crippen molar-refractivity contribution in [2.45, 2.75) is 33.1 Å². The van der Waals surface area contributed by atoms with Gasteiger partial charge in [-0.25, -0.2) is 9.48 Å². The van der Waals surface area contributed by atoms with E-state index < -0.39 is 5.97 Å². The highest BCUT2D eigenvalue weighted by atomic mass is 16.5. The van der Waals surface area contributed by atoms with Crippen LogP contribution in [0.5, 0.6) is 5.75 Å². The van der Waals surface area contributed by atoms with E-state index in [0.29, 0.717) is 17.3 Å². The number of ether oxygens (including phenoxy) is 1. The van der Waals surface area contributed by atoms with E-state index in [2.05, 4.69) is 26.1 Å². The van der Waals surface area contributed by atoms with Gasteiger partial charge in [-0.3, -0.25) is 0 Å². The van der Waals surface area contributed by atoms with Crippen LogP contribution < -0.4 is 10.1 Å². The fourth-order valence-corrected chi connectivity index (χ4v) is 2.96. The van der Waals surface area contributed by atoms with Crippen LogP contribution in [0.15, 0.2) is 48.5 Å². The van der Waals surface area contributed by atoms with Crippen LogP contribution in [0.3, 0.4) is 0 Å². The topological polar surface area (TPSA) is 76.4 Å². The number of para-hydroxylation sites is 2. The Kier molecular flexibility index (Phi) is 5.14. The van der Waals surface area contributed by atoms with E-state index in [4.69, 9.17) is 9.84 Å². The Bertz CT molecular complexity index is 1020. The summed E-state index contributed by atoms with van der Waals surface area (Å²) in [6.45, 7) is 8.29. The van der Waals surface area contributed by atoms with Gasteiger partial charge in [0, 0.05) is 11.5 Å². The van der Waals surface area contributed by atoms with Crippen LogP contribution in [0.1, 0.15) is 42.4 Å². The second-order valence-electron chi connectivity index (χ2n) is 7.68. The van der Waals surface area contributed by atoms with Crippen LogP contribution in [0.2, 0.25) is 0 Å². The number of hydrogen-bond donors (Lipinski definition) is 2. The van der Waals surface area contributed by atoms with E-state index in [1.807, 2.05) is 41.9 Å². The number of aromatic nitrogens is 2. The van der Waals surface area contributed by atoms with Crippen molar-refractivity contribution in [2.24, 2.45) is 0 Å². The van der Waals surface area contributed by atoms with Crippen molar-refractivity contribution in [1.29, 1.82) is 0 Å². The summed E-state index contributed by atoms with van der Waals surface area (Å²) in [5, 5.41) is 17.7. The van der Waals surface area contributed by atoms with Gasteiger partial charge in [0.2, 0.25) is 0 Å². The standard InChI is InChI=1S/C22H25N3O3/c1-14-9-6-7-11-16(14)25-19(13-18(24-25)22(2,3)4)23-20-15(21(26)27)10-8-12-17(20)28-5/h6-13,23H,1-5H3,(H,26,27). The van der Waals surface area contributed by atoms with Gasteiger partial charge in [0.1, 0.15) is 11.6 Å². The van der Waals surface area contributed by atoms with Gasteiger partial charge in [-0.2, -0.15) is 5.10 Å². The van der Waals surface area contributed by atoms with E-state index >= 15 is 0 Å². The molecule has 6 nitrogen and oxygen atoms in total. The van der Waals surface area contributed by atoms with Crippen molar-refractivity contribution in [3.05, 3.63) is 65.4 Å². The van der Waals surface area contributed by atoms with E-state index in [1.54, 1.807) is 18.2 Å². The average Bonchev–Trinajstić information content (AvgIpc) is 3.06. The Hall–Kier alpha value is -3.28. The highest BCUT2D eigenvalue weighted by molar-refractivity contribution is 5.97. The number of aryl methyl sites for hydroxylation is 1. The van der Waals surface area contributed by atoms with Gasteiger partial charge in [0.25, 0.3) is 0 Å². The molecule has 6 heteroatoms. The number of anilines is 2. The molecule has 3 rings (SSSR count). The first-order valence-corrected chi connectivity index (χ1v) is 9.06. The molecule has 0 bridgehead atoms. The van der Waals surface area contributed by atoms with Gasteiger partial charge >= 0.3 is 5.97 Å². The number of nitrogens with zero attached hydrogens (tertiary/aromatic N) is 2. The van der Waals surface area contributed by atoms with Crippen LogP contribution in [-0.4, -0.2) is 28.0 Å². The number of carboxylic acids is 1. The quantitative estimate of drug-likeness (QED) is 0.657. The normalized spacial score (nSPS) is 11.3. The third kappa shape index (κ3) is 3.71. The highest BCUT2D eigenvalue weighted by Crippen LogP contribution is 2.34. The lowest BCUT2D eigenvalue weighted by atomic mass is 9.92. The monoisotopic (exact) mass is 379 g/mol. The lowest BCUT2D eigenvalue weighted by molar-refractivity contribution is 0.0697. The molecule has 0 radical (unpaired) electrons. The minimum absolute atomic E-state index is 0.134. The fraction of sp³-hybridized carbons (Fsp3) is 0.273. The molecular weight excluding hydrogens is 354 g/mol. The van der Waals surface area contributed by atoms with E-state index in [9.17, 15) is 9.90 Å². The van der Waals surface area contributed by atoms with Crippen LogP contribution in [0.25, 0.3) is 5.69 Å². The third-order valence-corrected chi connectivity index (χ3v) is 4.55. The number of carboxylic acid groups (broad SMARTS) is 1. The first-order valence-electron chi connectivity index (χ1n) is 9.06. The first-order chi connectivity index (χ1) is 13.2. The van der Waals surface area contributed by atoms with Gasteiger partial charge in [-0.1, -0.05) is 45.0 Å². The summed E-state index contributed by atoms with van der Waals surface area (Å²) in [5.41, 5.74) is 3.24. The predicted octanol–water partition coefficient (Wildman–Crippen LogP) is 4.93. The number of rotatable bonds is 5. The van der Waals surface area contributed by atoms with Crippen molar-refractivity contribution >= 4 is 17.5 Å². The van der Waals surface area contributed by atoms with Crippen LogP contribution in [-0.2, 0) is 5.41 Å². The minimum atomic E-state index is -1.03. The Morgan fingerprint density at radius 1 is 1.14 bits per heavy atom.